The summed E-state index contributed by atoms with van der Waals surface area (Å²) in [5.41, 5.74) is 2.14. The first-order chi connectivity index (χ1) is 10.0. The fourth-order valence-electron chi connectivity index (χ4n) is 2.84. The van der Waals surface area contributed by atoms with Crippen LogP contribution in [0.5, 0.6) is 11.5 Å². The summed E-state index contributed by atoms with van der Waals surface area (Å²) in [4.78, 5) is 2.24. The summed E-state index contributed by atoms with van der Waals surface area (Å²) in [5, 5.41) is 0. The van der Waals surface area contributed by atoms with Crippen molar-refractivity contribution < 1.29 is 9.41 Å². The Morgan fingerprint density at radius 2 is 1.71 bits per heavy atom. The molecule has 2 aromatic rings. The first-order valence-corrected chi connectivity index (χ1v) is 7.41. The van der Waals surface area contributed by atoms with Gasteiger partial charge in [-0.25, -0.2) is 4.90 Å². The van der Waals surface area contributed by atoms with Crippen LogP contribution in [-0.4, -0.2) is 6.04 Å². The van der Waals surface area contributed by atoms with Crippen molar-refractivity contribution in [2.75, 3.05) is 10.7 Å². The molecule has 2 N–H and O–H groups in total. The second kappa shape index (κ2) is 4.95. The largest absolute Gasteiger partial charge is 0.444 e. The van der Waals surface area contributed by atoms with E-state index in [1.807, 2.05) is 30.3 Å². The van der Waals surface area contributed by atoms with Crippen molar-refractivity contribution in [2.24, 2.45) is 0 Å². The van der Waals surface area contributed by atoms with Gasteiger partial charge in [-0.2, -0.15) is 0 Å². The molecular weight excluding hydrogens is 262 g/mol. The second-order valence-electron chi connectivity index (χ2n) is 6.00. The molecule has 0 aliphatic carbocycles. The number of ether oxygens (including phenoxy) is 1. The van der Waals surface area contributed by atoms with Crippen LogP contribution in [0, 0.1) is 0 Å². The van der Waals surface area contributed by atoms with E-state index in [4.69, 9.17) is 10.6 Å². The van der Waals surface area contributed by atoms with Gasteiger partial charge in [0.15, 0.2) is 11.4 Å². The molecular formula is C17H22N3O+. The highest BCUT2D eigenvalue weighted by molar-refractivity contribution is 5.74. The van der Waals surface area contributed by atoms with Crippen LogP contribution in [0.1, 0.15) is 39.3 Å². The lowest BCUT2D eigenvalue weighted by atomic mass is 10.1. The number of hydrogen-bond donors (Lipinski definition) is 1. The zero-order chi connectivity index (χ0) is 15.1. The third-order valence-electron chi connectivity index (χ3n) is 3.81. The molecule has 4 nitrogen and oxygen atoms in total. The van der Waals surface area contributed by atoms with Crippen LogP contribution in [-0.2, 0) is 0 Å². The maximum Gasteiger partial charge on any atom is 0.349 e. The Labute approximate surface area is 125 Å². The van der Waals surface area contributed by atoms with Crippen LogP contribution < -0.4 is 20.2 Å². The summed E-state index contributed by atoms with van der Waals surface area (Å²) < 4.78 is 7.79. The summed E-state index contributed by atoms with van der Waals surface area (Å²) in [5.74, 6) is 9.32. The number of pyridine rings is 1. The molecule has 0 radical (unpaired) electrons. The number of para-hydroxylation sites is 2. The summed E-state index contributed by atoms with van der Waals surface area (Å²) in [6, 6.07) is 12.4. The van der Waals surface area contributed by atoms with E-state index < -0.39 is 0 Å². The van der Waals surface area contributed by atoms with Gasteiger partial charge in [0.25, 0.3) is 0 Å². The van der Waals surface area contributed by atoms with E-state index in [0.717, 1.165) is 28.7 Å². The smallest absolute Gasteiger partial charge is 0.349 e. The highest BCUT2D eigenvalue weighted by atomic mass is 16.5. The van der Waals surface area contributed by atoms with Crippen molar-refractivity contribution in [1.29, 1.82) is 0 Å². The van der Waals surface area contributed by atoms with E-state index in [2.05, 4.69) is 38.7 Å². The minimum absolute atomic E-state index is 0.283. The fraction of sp³-hybridized carbons (Fsp3) is 0.353. The average Bonchev–Trinajstić information content (AvgIpc) is 2.44. The van der Waals surface area contributed by atoms with Crippen molar-refractivity contribution in [2.45, 2.75) is 39.7 Å². The van der Waals surface area contributed by atoms with Crippen molar-refractivity contribution >= 4 is 11.5 Å². The van der Waals surface area contributed by atoms with Gasteiger partial charge in [0, 0.05) is 5.92 Å². The van der Waals surface area contributed by atoms with Crippen LogP contribution in [0.25, 0.3) is 0 Å². The van der Waals surface area contributed by atoms with Gasteiger partial charge in [0.1, 0.15) is 5.69 Å². The Kier molecular flexibility index (Phi) is 3.24. The number of nitrogens with zero attached hydrogens (tertiary/aromatic N) is 2. The predicted octanol–water partition coefficient (Wildman–Crippen LogP) is 3.46. The van der Waals surface area contributed by atoms with Gasteiger partial charge in [0.05, 0.1) is 6.04 Å². The standard InChI is InChI=1S/C17H22N3O/c1-11(2)13-9-10-16-17(20(13)18)19(12(3)4)14-7-5-6-8-15(14)21-16/h5-12H,18H2,1-4H3/q+1. The molecule has 0 saturated carbocycles. The van der Waals surface area contributed by atoms with Gasteiger partial charge in [0.2, 0.25) is 5.75 Å². The topological polar surface area (TPSA) is 42.4 Å². The lowest BCUT2D eigenvalue weighted by molar-refractivity contribution is -0.635. The zero-order valence-electron chi connectivity index (χ0n) is 13.0. The van der Waals surface area contributed by atoms with E-state index in [9.17, 15) is 0 Å². The number of hydrogen-bond acceptors (Lipinski definition) is 3. The third-order valence-corrected chi connectivity index (χ3v) is 3.81. The van der Waals surface area contributed by atoms with Gasteiger partial charge in [-0.05, 0) is 38.1 Å². The zero-order valence-corrected chi connectivity index (χ0v) is 13.0. The molecule has 0 amide bonds. The molecule has 0 fully saturated rings. The fourth-order valence-corrected chi connectivity index (χ4v) is 2.84. The molecule has 0 unspecified atom stereocenters. The monoisotopic (exact) mass is 284 g/mol. The number of anilines is 2. The number of aromatic nitrogens is 1. The van der Waals surface area contributed by atoms with Crippen LogP contribution in [0.15, 0.2) is 36.4 Å². The molecule has 0 spiro atoms. The molecule has 1 aliphatic rings. The van der Waals surface area contributed by atoms with Gasteiger partial charge in [-0.3, -0.25) is 5.84 Å². The van der Waals surface area contributed by atoms with Crippen LogP contribution in [0.2, 0.25) is 0 Å². The molecule has 110 valence electrons. The summed E-state index contributed by atoms with van der Waals surface area (Å²) >= 11 is 0. The van der Waals surface area contributed by atoms with Gasteiger partial charge in [-0.1, -0.05) is 26.0 Å². The quantitative estimate of drug-likeness (QED) is 0.678. The summed E-state index contributed by atoms with van der Waals surface area (Å²) in [6.45, 7) is 8.60. The second-order valence-corrected chi connectivity index (χ2v) is 6.00. The van der Waals surface area contributed by atoms with E-state index in [1.165, 1.54) is 0 Å². The lowest BCUT2D eigenvalue weighted by Crippen LogP contribution is -2.54. The van der Waals surface area contributed by atoms with Crippen molar-refractivity contribution in [3.8, 4) is 11.5 Å². The molecule has 3 rings (SSSR count). The third kappa shape index (κ3) is 2.11. The molecule has 1 aromatic heterocycles. The number of nitrogen functional groups attached to an aromatic ring is 1. The Morgan fingerprint density at radius 1 is 1.00 bits per heavy atom. The van der Waals surface area contributed by atoms with E-state index in [-0.39, 0.29) is 6.04 Å². The summed E-state index contributed by atoms with van der Waals surface area (Å²) in [6.07, 6.45) is 0. The van der Waals surface area contributed by atoms with Crippen LogP contribution in [0.4, 0.5) is 11.5 Å². The minimum Gasteiger partial charge on any atom is -0.444 e. The van der Waals surface area contributed by atoms with Crippen molar-refractivity contribution in [1.82, 2.24) is 0 Å². The Balaban J connectivity index is 2.24. The van der Waals surface area contributed by atoms with Crippen molar-refractivity contribution in [3.63, 3.8) is 0 Å². The highest BCUT2D eigenvalue weighted by Gasteiger charge is 2.37. The predicted molar refractivity (Wildman–Crippen MR) is 84.7 cm³/mol. The molecule has 1 aromatic carbocycles. The number of fused-ring (bicyclic) bond motifs is 2. The van der Waals surface area contributed by atoms with Gasteiger partial charge < -0.3 is 4.74 Å². The van der Waals surface area contributed by atoms with E-state index in [0.29, 0.717) is 5.92 Å². The molecule has 2 heterocycles. The Morgan fingerprint density at radius 3 is 2.38 bits per heavy atom. The van der Waals surface area contributed by atoms with Gasteiger partial charge in [-0.15, -0.1) is 4.68 Å². The first-order valence-electron chi connectivity index (χ1n) is 7.41. The summed E-state index contributed by atoms with van der Waals surface area (Å²) in [7, 11) is 0. The highest BCUT2D eigenvalue weighted by Crippen LogP contribution is 2.45. The number of benzene rings is 1. The number of nitrogens with two attached hydrogens (primary N) is 1. The maximum atomic E-state index is 6.39. The average molecular weight is 284 g/mol. The molecule has 0 saturated heterocycles. The Hall–Kier alpha value is -2.23. The maximum absolute atomic E-state index is 6.39. The van der Waals surface area contributed by atoms with Gasteiger partial charge >= 0.3 is 5.82 Å². The molecule has 1 aliphatic heterocycles. The van der Waals surface area contributed by atoms with Crippen LogP contribution >= 0.6 is 0 Å². The molecule has 0 bridgehead atoms. The normalized spacial score (nSPS) is 13.1. The van der Waals surface area contributed by atoms with Crippen molar-refractivity contribution in [3.05, 3.63) is 42.1 Å². The first kappa shape index (κ1) is 13.7. The Bertz CT molecular complexity index is 680. The molecule has 21 heavy (non-hydrogen) atoms. The SMILES string of the molecule is CC(C)c1ccc2c([n+]1N)N(C(C)C)c1ccccc1O2. The lowest BCUT2D eigenvalue weighted by Gasteiger charge is -2.29. The number of rotatable bonds is 2. The molecule has 0 atom stereocenters. The van der Waals surface area contributed by atoms with E-state index in [1.54, 1.807) is 4.68 Å². The van der Waals surface area contributed by atoms with Crippen LogP contribution in [0.3, 0.4) is 0 Å². The van der Waals surface area contributed by atoms with E-state index >= 15 is 0 Å². The minimum atomic E-state index is 0.283. The molecule has 4 heteroatoms.